The van der Waals surface area contributed by atoms with E-state index in [1.807, 2.05) is 0 Å². The Kier molecular flexibility index (Phi) is 20.5. The van der Waals surface area contributed by atoms with E-state index in [9.17, 15) is 36.0 Å². The van der Waals surface area contributed by atoms with Gasteiger partial charge in [0.15, 0.2) is 0 Å². The fourth-order valence-corrected chi connectivity index (χ4v) is 7.61. The Morgan fingerprint density at radius 1 is 0.706 bits per heavy atom. The predicted molar refractivity (Wildman–Crippen MR) is 191 cm³/mol. The highest BCUT2D eigenvalue weighted by molar-refractivity contribution is 7.89. The van der Waals surface area contributed by atoms with Crippen molar-refractivity contribution in [2.45, 2.75) is 51.3 Å². The van der Waals surface area contributed by atoms with Gasteiger partial charge in [-0.3, -0.25) is 9.59 Å². The number of sulfonamides is 2. The van der Waals surface area contributed by atoms with Crippen LogP contribution in [-0.2, 0) is 48.7 Å². The molecule has 51 heavy (non-hydrogen) atoms. The van der Waals surface area contributed by atoms with E-state index in [0.29, 0.717) is 51.7 Å². The number of aryl methyl sites for hydroxylation is 4. The molecular weight excluding hydrogens is 732 g/mol. The Bertz CT molecular complexity index is 1690. The number of hydrogen-bond donors (Lipinski definition) is 2. The molecule has 0 unspecified atom stereocenters. The third-order valence-electron chi connectivity index (χ3n) is 6.73. The number of carbonyl (C=O) groups excluding carboxylic acids is 4. The molecule has 0 radical (unpaired) electrons. The van der Waals surface area contributed by atoms with Crippen molar-refractivity contribution >= 4 is 54.7 Å². The zero-order valence-electron chi connectivity index (χ0n) is 30.6. The van der Waals surface area contributed by atoms with Crippen LogP contribution in [0.2, 0.25) is 0 Å². The maximum absolute atomic E-state index is 12.8. The molecule has 2 aromatic carbocycles. The Hall–Kier alpha value is -3.81. The summed E-state index contributed by atoms with van der Waals surface area (Å²) in [5.74, 6) is -1.64. The number of ether oxygens (including phenoxy) is 4. The number of halogens is 1. The highest BCUT2D eigenvalue weighted by atomic mass is 35.5. The van der Waals surface area contributed by atoms with E-state index in [0.717, 1.165) is 4.31 Å². The van der Waals surface area contributed by atoms with Crippen LogP contribution in [0.15, 0.2) is 34.1 Å². The summed E-state index contributed by atoms with van der Waals surface area (Å²) in [7, 11) is -1.22. The van der Waals surface area contributed by atoms with Crippen LogP contribution >= 0.6 is 11.6 Å². The molecule has 0 aliphatic carbocycles. The van der Waals surface area contributed by atoms with E-state index in [1.165, 1.54) is 25.5 Å². The highest BCUT2D eigenvalue weighted by Crippen LogP contribution is 2.28. The number of carbonyl (C=O) groups is 4. The van der Waals surface area contributed by atoms with Crippen molar-refractivity contribution in [3.63, 3.8) is 0 Å². The van der Waals surface area contributed by atoms with Crippen molar-refractivity contribution in [1.82, 2.24) is 13.9 Å². The zero-order chi connectivity index (χ0) is 39.7. The smallest absolute Gasteiger partial charge is 0.396 e. The summed E-state index contributed by atoms with van der Waals surface area (Å²) < 4.78 is 71.7. The van der Waals surface area contributed by atoms with E-state index in [1.54, 1.807) is 72.9 Å². The van der Waals surface area contributed by atoms with Gasteiger partial charge in [0.25, 0.3) is 0 Å². The minimum Gasteiger partial charge on any atom is -0.497 e. The van der Waals surface area contributed by atoms with Crippen molar-refractivity contribution in [3.8, 4) is 11.5 Å². The number of nitrogens with zero attached hydrogens (tertiary/aromatic N) is 2. The summed E-state index contributed by atoms with van der Waals surface area (Å²) in [6.45, 7) is 11.0. The summed E-state index contributed by atoms with van der Waals surface area (Å²) in [5.41, 5.74) is 7.89. The van der Waals surface area contributed by atoms with Gasteiger partial charge in [0.05, 0.1) is 37.2 Å². The van der Waals surface area contributed by atoms with Crippen LogP contribution in [0.4, 0.5) is 0 Å². The molecule has 0 atom stereocenters. The maximum atomic E-state index is 12.8. The number of amides is 1. The van der Waals surface area contributed by atoms with Crippen molar-refractivity contribution in [2.24, 2.45) is 5.73 Å². The van der Waals surface area contributed by atoms with Crippen molar-refractivity contribution in [1.29, 1.82) is 0 Å². The van der Waals surface area contributed by atoms with E-state index in [2.05, 4.69) is 14.8 Å². The normalized spacial score (nSPS) is 11.0. The molecule has 0 spiro atoms. The lowest BCUT2D eigenvalue weighted by Gasteiger charge is -2.20. The molecule has 0 saturated carbocycles. The van der Waals surface area contributed by atoms with Crippen molar-refractivity contribution in [2.75, 3.05) is 67.7 Å². The molecular formula is C32H49ClN4O12S2. The van der Waals surface area contributed by atoms with Crippen LogP contribution in [0.1, 0.15) is 36.1 Å². The highest BCUT2D eigenvalue weighted by Gasteiger charge is 2.26. The van der Waals surface area contributed by atoms with Crippen molar-refractivity contribution in [3.05, 3.63) is 46.5 Å². The van der Waals surface area contributed by atoms with Crippen LogP contribution in [0, 0.1) is 27.7 Å². The summed E-state index contributed by atoms with van der Waals surface area (Å²) in [6.07, 6.45) is 0. The molecule has 288 valence electrons. The minimum absolute atomic E-state index is 0.0123. The third kappa shape index (κ3) is 14.4. The Morgan fingerprint density at radius 3 is 1.35 bits per heavy atom. The van der Waals surface area contributed by atoms with Gasteiger partial charge in [0, 0.05) is 40.3 Å². The quantitative estimate of drug-likeness (QED) is 0.159. The van der Waals surface area contributed by atoms with Gasteiger partial charge in [-0.15, -0.1) is 0 Å². The summed E-state index contributed by atoms with van der Waals surface area (Å²) in [6, 6.07) is 6.73. The second-order valence-electron chi connectivity index (χ2n) is 10.6. The maximum Gasteiger partial charge on any atom is 0.396 e. The molecule has 0 bridgehead atoms. The second-order valence-corrected chi connectivity index (χ2v) is 14.9. The molecule has 2 rings (SSSR count). The van der Waals surface area contributed by atoms with Gasteiger partial charge in [0.1, 0.15) is 11.5 Å². The van der Waals surface area contributed by atoms with E-state index in [-0.39, 0.29) is 31.2 Å². The second kappa shape index (κ2) is 22.2. The number of rotatable bonds is 14. The SMILES string of the molecule is CCOC(=O)C(=O)Cl.CCOC(=O)C(=O)NCCN(C)S(=O)(=O)c1c(C)cc(OC)cc1C.COc1cc(C)c(S(=O)(=O)N(C)CCN)c(C)c1. The standard InChI is InChI=1S/C16H24N2O6S.C12H20N2O3S.C4H5ClO3/c1-6-24-16(20)15(19)17-7-8-18(4)25(21,22)14-11(2)9-13(23-5)10-12(14)3;1-9-7-11(17-4)8-10(2)12(9)18(15,16)14(3)6-5-13;1-2-8-4(7)3(5)6/h9-10H,6-8H2,1-5H3,(H,17,19);7-8H,5-6,13H2,1-4H3;2H2,1H3. The molecule has 0 aliphatic rings. The van der Waals surface area contributed by atoms with Gasteiger partial charge in [0.2, 0.25) is 20.0 Å². The average molecular weight is 781 g/mol. The Morgan fingerprint density at radius 2 is 1.06 bits per heavy atom. The fraction of sp³-hybridized carbons (Fsp3) is 0.500. The van der Waals surface area contributed by atoms with Gasteiger partial charge in [-0.1, -0.05) is 0 Å². The predicted octanol–water partition coefficient (Wildman–Crippen LogP) is 1.82. The largest absolute Gasteiger partial charge is 0.497 e. The van der Waals surface area contributed by atoms with E-state index in [4.69, 9.17) is 26.8 Å². The molecule has 3 N–H and O–H groups in total. The van der Waals surface area contributed by atoms with Crippen LogP contribution in [-0.4, -0.2) is 116 Å². The number of esters is 2. The molecule has 2 aromatic rings. The van der Waals surface area contributed by atoms with Gasteiger partial charge < -0.3 is 30.0 Å². The monoisotopic (exact) mass is 780 g/mol. The number of likely N-dealkylation sites (N-methyl/N-ethyl adjacent to an activating group) is 2. The summed E-state index contributed by atoms with van der Waals surface area (Å²) in [4.78, 5) is 43.1. The lowest BCUT2D eigenvalue weighted by molar-refractivity contribution is -0.154. The number of benzene rings is 2. The molecule has 1 amide bonds. The first kappa shape index (κ1) is 47.2. The first-order chi connectivity index (χ1) is 23.7. The molecule has 16 nitrogen and oxygen atoms in total. The van der Waals surface area contributed by atoms with Gasteiger partial charge in [-0.25, -0.2) is 26.4 Å². The molecule has 0 saturated heterocycles. The number of methoxy groups -OCH3 is 2. The molecule has 19 heteroatoms. The van der Waals surface area contributed by atoms with Crippen LogP contribution in [0.25, 0.3) is 0 Å². The average Bonchev–Trinajstić information content (AvgIpc) is 3.04. The fourth-order valence-electron chi connectivity index (χ4n) is 4.39. The first-order valence-corrected chi connectivity index (χ1v) is 18.7. The summed E-state index contributed by atoms with van der Waals surface area (Å²) >= 11 is 4.69. The third-order valence-corrected chi connectivity index (χ3v) is 11.2. The molecule has 0 fully saturated rings. The Labute approximate surface area is 305 Å². The number of hydrogen-bond acceptors (Lipinski definition) is 13. The van der Waals surface area contributed by atoms with Crippen molar-refractivity contribution < 1.29 is 55.0 Å². The van der Waals surface area contributed by atoms with Crippen LogP contribution in [0.5, 0.6) is 11.5 Å². The minimum atomic E-state index is -3.74. The van der Waals surface area contributed by atoms with Gasteiger partial charge >= 0.3 is 23.1 Å². The van der Waals surface area contributed by atoms with Crippen LogP contribution < -0.4 is 20.5 Å². The molecule has 0 aliphatic heterocycles. The van der Waals surface area contributed by atoms with E-state index < -0.39 is 43.1 Å². The van der Waals surface area contributed by atoms with Gasteiger partial charge in [-0.05, 0) is 99.7 Å². The molecule has 0 heterocycles. The topological polar surface area (TPSA) is 218 Å². The lowest BCUT2D eigenvalue weighted by Crippen LogP contribution is -2.39. The van der Waals surface area contributed by atoms with E-state index >= 15 is 0 Å². The van der Waals surface area contributed by atoms with Crippen LogP contribution in [0.3, 0.4) is 0 Å². The summed E-state index contributed by atoms with van der Waals surface area (Å²) in [5, 5.41) is 1.25. The lowest BCUT2D eigenvalue weighted by atomic mass is 10.1. The number of nitrogens with one attached hydrogen (secondary N) is 1. The van der Waals surface area contributed by atoms with Gasteiger partial charge in [-0.2, -0.15) is 8.61 Å². The first-order valence-electron chi connectivity index (χ1n) is 15.4. The Balaban J connectivity index is 0.000000835. The zero-order valence-corrected chi connectivity index (χ0v) is 33.0. The molecule has 0 aromatic heterocycles. The number of nitrogens with two attached hydrogens (primary N) is 1.